The van der Waals surface area contributed by atoms with Gasteiger partial charge in [-0.1, -0.05) is 57.6 Å². The van der Waals surface area contributed by atoms with Crippen LogP contribution in [0.2, 0.25) is 0 Å². The van der Waals surface area contributed by atoms with Crippen molar-refractivity contribution in [1.29, 1.82) is 0 Å². The molecule has 4 atom stereocenters. The molecular weight excluding hydrogens is 392 g/mol. The summed E-state index contributed by atoms with van der Waals surface area (Å²) >= 11 is 0. The molecular formula is C25H42N2O4. The van der Waals surface area contributed by atoms with E-state index in [0.29, 0.717) is 26.2 Å². The fourth-order valence-corrected chi connectivity index (χ4v) is 4.74. The van der Waals surface area contributed by atoms with Gasteiger partial charge < -0.3 is 24.8 Å². The number of hydrogen-bond donors (Lipinski definition) is 2. The Morgan fingerprint density at radius 3 is 2.52 bits per heavy atom. The van der Waals surface area contributed by atoms with Gasteiger partial charge in [0, 0.05) is 13.0 Å². The normalized spacial score (nSPS) is 25.7. The summed E-state index contributed by atoms with van der Waals surface area (Å²) in [5, 5.41) is 14.3. The second kappa shape index (κ2) is 13.4. The zero-order valence-corrected chi connectivity index (χ0v) is 19.3. The summed E-state index contributed by atoms with van der Waals surface area (Å²) in [5.41, 5.74) is 0.812. The Kier molecular flexibility index (Phi) is 10.5. The van der Waals surface area contributed by atoms with Gasteiger partial charge in [-0.15, -0.1) is 0 Å². The molecule has 2 unspecified atom stereocenters. The van der Waals surface area contributed by atoms with Crippen molar-refractivity contribution in [3.8, 4) is 0 Å². The lowest BCUT2D eigenvalue weighted by Gasteiger charge is -2.34. The molecule has 1 amide bonds. The Bertz CT molecular complexity index is 600. The van der Waals surface area contributed by atoms with Crippen molar-refractivity contribution in [2.24, 2.45) is 0 Å². The van der Waals surface area contributed by atoms with Crippen molar-refractivity contribution >= 4 is 5.91 Å². The summed E-state index contributed by atoms with van der Waals surface area (Å²) in [4.78, 5) is 15.0. The first kappa shape index (κ1) is 24.4. The molecule has 0 saturated carbocycles. The van der Waals surface area contributed by atoms with Gasteiger partial charge in [-0.05, 0) is 44.0 Å². The van der Waals surface area contributed by atoms with Crippen LogP contribution in [0.1, 0.15) is 71.1 Å². The number of fused-ring (bicyclic) bond motifs is 1. The molecule has 2 N–H and O–H groups in total. The van der Waals surface area contributed by atoms with Crippen LogP contribution >= 0.6 is 0 Å². The monoisotopic (exact) mass is 434 g/mol. The third-order valence-electron chi connectivity index (χ3n) is 6.59. The second-order valence-electron chi connectivity index (χ2n) is 9.19. The molecule has 3 rings (SSSR count). The van der Waals surface area contributed by atoms with Gasteiger partial charge in [0.05, 0.1) is 19.3 Å². The van der Waals surface area contributed by atoms with E-state index in [0.717, 1.165) is 31.5 Å². The van der Waals surface area contributed by atoms with Crippen LogP contribution in [0.25, 0.3) is 0 Å². The number of hydrogen-bond acceptors (Lipinski definition) is 5. The number of nitrogens with zero attached hydrogens (tertiary/aromatic N) is 1. The van der Waals surface area contributed by atoms with E-state index in [1.54, 1.807) is 0 Å². The predicted octanol–water partition coefficient (Wildman–Crippen LogP) is 3.35. The molecule has 2 heterocycles. The van der Waals surface area contributed by atoms with Crippen LogP contribution < -0.4 is 5.32 Å². The van der Waals surface area contributed by atoms with Crippen LogP contribution in [-0.2, 0) is 14.3 Å². The first-order valence-corrected chi connectivity index (χ1v) is 12.5. The predicted molar refractivity (Wildman–Crippen MR) is 123 cm³/mol. The minimum Gasteiger partial charge on any atom is -0.386 e. The number of aliphatic hydroxyl groups excluding tert-OH is 1. The van der Waals surface area contributed by atoms with E-state index < -0.39 is 6.10 Å². The maximum atomic E-state index is 12.7. The average molecular weight is 435 g/mol. The average Bonchev–Trinajstić information content (AvgIpc) is 3.30. The molecule has 176 valence electrons. The maximum Gasteiger partial charge on any atom is 0.220 e. The molecule has 0 bridgehead atoms. The fraction of sp³-hybridized carbons (Fsp3) is 0.800. The number of amides is 1. The van der Waals surface area contributed by atoms with Crippen LogP contribution in [0.4, 0.5) is 0 Å². The Morgan fingerprint density at radius 2 is 1.77 bits per heavy atom. The summed E-state index contributed by atoms with van der Waals surface area (Å²) in [5.74, 6) is 0.0484. The minimum atomic E-state index is -0.749. The van der Waals surface area contributed by atoms with Crippen LogP contribution in [0.3, 0.4) is 0 Å². The number of likely N-dealkylation sites (tertiary alicyclic amines) is 1. The van der Waals surface area contributed by atoms with Crippen molar-refractivity contribution in [2.45, 2.75) is 95.5 Å². The lowest BCUT2D eigenvalue weighted by Crippen LogP contribution is -2.51. The van der Waals surface area contributed by atoms with Crippen molar-refractivity contribution in [1.82, 2.24) is 10.2 Å². The van der Waals surface area contributed by atoms with Gasteiger partial charge in [0.1, 0.15) is 18.3 Å². The Balaban J connectivity index is 1.50. The molecule has 0 radical (unpaired) electrons. The second-order valence-corrected chi connectivity index (χ2v) is 9.19. The van der Waals surface area contributed by atoms with E-state index in [1.807, 2.05) is 18.2 Å². The zero-order chi connectivity index (χ0) is 21.9. The molecule has 0 aromatic heterocycles. The summed E-state index contributed by atoms with van der Waals surface area (Å²) in [6.07, 6.45) is 16.1. The fourth-order valence-electron chi connectivity index (χ4n) is 4.74. The molecule has 2 fully saturated rings. The number of unbranched alkanes of at least 4 members (excludes halogenated alkanes) is 6. The molecule has 0 aromatic rings. The summed E-state index contributed by atoms with van der Waals surface area (Å²) in [7, 11) is 0. The van der Waals surface area contributed by atoms with Crippen LogP contribution in [0, 0.1) is 0 Å². The topological polar surface area (TPSA) is 71.0 Å². The van der Waals surface area contributed by atoms with Crippen molar-refractivity contribution in [3.05, 3.63) is 23.8 Å². The molecule has 3 aliphatic rings. The highest BCUT2D eigenvalue weighted by Crippen LogP contribution is 2.24. The standard InChI is InChI=1S/C25H42N2O4/c1-2-3-4-5-6-7-8-11-24(28)26-21(19-27-14-9-10-15-27)25(29)20-12-13-22-23(18-20)31-17-16-30-22/h12-13,18,21-23,25,29H,2-11,14-17,19H2,1H3,(H,26,28)/t21-,22?,23?,25-/m0/s1. The number of rotatable bonds is 13. The quantitative estimate of drug-likeness (QED) is 0.435. The smallest absolute Gasteiger partial charge is 0.220 e. The third kappa shape index (κ3) is 8.01. The summed E-state index contributed by atoms with van der Waals surface area (Å²) in [6, 6.07) is -0.313. The van der Waals surface area contributed by atoms with E-state index >= 15 is 0 Å². The zero-order valence-electron chi connectivity index (χ0n) is 19.3. The number of aliphatic hydroxyl groups is 1. The van der Waals surface area contributed by atoms with E-state index in [9.17, 15) is 9.90 Å². The highest BCUT2D eigenvalue weighted by Gasteiger charge is 2.32. The summed E-state index contributed by atoms with van der Waals surface area (Å²) < 4.78 is 11.5. The lowest BCUT2D eigenvalue weighted by molar-refractivity contribution is -0.122. The van der Waals surface area contributed by atoms with Gasteiger partial charge >= 0.3 is 0 Å². The van der Waals surface area contributed by atoms with Gasteiger partial charge in [-0.3, -0.25) is 4.79 Å². The van der Waals surface area contributed by atoms with E-state index in [4.69, 9.17) is 9.47 Å². The number of nitrogens with one attached hydrogen (secondary N) is 1. The summed E-state index contributed by atoms with van der Waals surface area (Å²) in [6.45, 7) is 6.15. The Morgan fingerprint density at radius 1 is 1.10 bits per heavy atom. The van der Waals surface area contributed by atoms with Gasteiger partial charge in [0.15, 0.2) is 0 Å². The maximum absolute atomic E-state index is 12.7. The van der Waals surface area contributed by atoms with Crippen LogP contribution in [0.5, 0.6) is 0 Å². The molecule has 6 heteroatoms. The van der Waals surface area contributed by atoms with Gasteiger partial charge in [0.2, 0.25) is 5.91 Å². The molecule has 1 aliphatic carbocycles. The largest absolute Gasteiger partial charge is 0.386 e. The first-order chi connectivity index (χ1) is 15.2. The molecule has 2 saturated heterocycles. The van der Waals surface area contributed by atoms with Crippen molar-refractivity contribution in [2.75, 3.05) is 32.8 Å². The van der Waals surface area contributed by atoms with Crippen LogP contribution in [-0.4, -0.2) is 73.1 Å². The van der Waals surface area contributed by atoms with Gasteiger partial charge in [-0.2, -0.15) is 0 Å². The Labute approximate surface area is 188 Å². The molecule has 0 aromatic carbocycles. The van der Waals surface area contributed by atoms with E-state index in [1.165, 1.54) is 44.9 Å². The molecule has 2 aliphatic heterocycles. The van der Waals surface area contributed by atoms with Crippen molar-refractivity contribution in [3.63, 3.8) is 0 Å². The highest BCUT2D eigenvalue weighted by molar-refractivity contribution is 5.76. The SMILES string of the molecule is CCCCCCCCCC(=O)N[C@@H](CN1CCCC1)[C@@H](O)C1=CC2OCCOC2C=C1. The third-order valence-corrected chi connectivity index (χ3v) is 6.59. The Hall–Kier alpha value is -1.21. The molecule has 31 heavy (non-hydrogen) atoms. The lowest BCUT2D eigenvalue weighted by atomic mass is 9.93. The van der Waals surface area contributed by atoms with Gasteiger partial charge in [-0.25, -0.2) is 0 Å². The minimum absolute atomic E-state index is 0.0484. The highest BCUT2D eigenvalue weighted by atomic mass is 16.6. The first-order valence-electron chi connectivity index (χ1n) is 12.5. The molecule has 6 nitrogen and oxygen atoms in total. The number of ether oxygens (including phenoxy) is 2. The number of carbonyl (C=O) groups is 1. The number of carbonyl (C=O) groups excluding carboxylic acids is 1. The van der Waals surface area contributed by atoms with Gasteiger partial charge in [0.25, 0.3) is 0 Å². The van der Waals surface area contributed by atoms with Crippen LogP contribution in [0.15, 0.2) is 23.8 Å². The van der Waals surface area contributed by atoms with Crippen molar-refractivity contribution < 1.29 is 19.4 Å². The van der Waals surface area contributed by atoms with E-state index in [2.05, 4.69) is 17.1 Å². The van der Waals surface area contributed by atoms with E-state index in [-0.39, 0.29) is 24.2 Å². The molecule has 0 spiro atoms.